The van der Waals surface area contributed by atoms with Crippen molar-refractivity contribution in [2.24, 2.45) is 0 Å². The summed E-state index contributed by atoms with van der Waals surface area (Å²) < 4.78 is 6.54. The molecule has 0 aliphatic heterocycles. The zero-order valence-corrected chi connectivity index (χ0v) is 12.3. The van der Waals surface area contributed by atoms with Gasteiger partial charge in [0.25, 0.3) is 0 Å². The van der Waals surface area contributed by atoms with E-state index in [1.54, 1.807) is 12.3 Å². The Hall–Kier alpha value is -1.39. The molecule has 1 atom stereocenters. The lowest BCUT2D eigenvalue weighted by Crippen LogP contribution is -2.06. The van der Waals surface area contributed by atoms with E-state index in [0.717, 1.165) is 16.5 Å². The molecule has 100 valence electrons. The number of aromatic nitrogens is 1. The highest BCUT2D eigenvalue weighted by atomic mass is 79.9. The summed E-state index contributed by atoms with van der Waals surface area (Å²) in [5.74, 6) is 0.710. The van der Waals surface area contributed by atoms with Gasteiger partial charge in [-0.3, -0.25) is 4.98 Å². The van der Waals surface area contributed by atoms with E-state index in [1.807, 2.05) is 30.3 Å². The van der Waals surface area contributed by atoms with Crippen LogP contribution in [0.5, 0.6) is 5.75 Å². The molecule has 1 N–H and O–H groups in total. The first-order valence-corrected chi connectivity index (χ1v) is 7.03. The number of para-hydroxylation sites is 1. The summed E-state index contributed by atoms with van der Waals surface area (Å²) in [6.45, 7) is 2.69. The van der Waals surface area contributed by atoms with E-state index in [4.69, 9.17) is 4.74 Å². The van der Waals surface area contributed by atoms with E-state index in [2.05, 4.69) is 27.8 Å². The van der Waals surface area contributed by atoms with E-state index in [9.17, 15) is 5.11 Å². The number of aliphatic hydroxyl groups is 1. The number of ether oxygens (including phenoxy) is 1. The first kappa shape index (κ1) is 14.0. The maximum absolute atomic E-state index is 10.4. The summed E-state index contributed by atoms with van der Waals surface area (Å²) >= 11 is 3.33. The second-order valence-corrected chi connectivity index (χ2v) is 5.11. The van der Waals surface area contributed by atoms with Gasteiger partial charge >= 0.3 is 0 Å². The van der Waals surface area contributed by atoms with Crippen LogP contribution in [0, 0.1) is 0 Å². The molecular weight excluding hydrogens is 306 g/mol. The molecule has 2 aromatic rings. The van der Waals surface area contributed by atoms with Crippen LogP contribution in [-0.4, -0.2) is 16.7 Å². The lowest BCUT2D eigenvalue weighted by molar-refractivity contribution is 0.206. The summed E-state index contributed by atoms with van der Waals surface area (Å²) in [6.07, 6.45) is 1.83. The molecule has 0 aliphatic rings. The van der Waals surface area contributed by atoms with E-state index >= 15 is 0 Å². The Morgan fingerprint density at radius 1 is 1.26 bits per heavy atom. The van der Waals surface area contributed by atoms with Crippen molar-refractivity contribution in [2.45, 2.75) is 19.4 Å². The molecule has 0 amide bonds. The van der Waals surface area contributed by atoms with Crippen molar-refractivity contribution >= 4 is 15.9 Å². The zero-order chi connectivity index (χ0) is 13.7. The Labute approximate surface area is 121 Å². The van der Waals surface area contributed by atoms with Crippen LogP contribution < -0.4 is 4.74 Å². The topological polar surface area (TPSA) is 42.4 Å². The van der Waals surface area contributed by atoms with Gasteiger partial charge in [0, 0.05) is 16.2 Å². The molecule has 0 spiro atoms. The highest BCUT2D eigenvalue weighted by molar-refractivity contribution is 9.10. The van der Waals surface area contributed by atoms with Gasteiger partial charge in [0.2, 0.25) is 0 Å². The molecule has 0 bridgehead atoms. The molecule has 0 fully saturated rings. The predicted octanol–water partition coefficient (Wildman–Crippen LogP) is 3.71. The molecule has 19 heavy (non-hydrogen) atoms. The van der Waals surface area contributed by atoms with Gasteiger partial charge in [-0.1, -0.05) is 25.1 Å². The van der Waals surface area contributed by atoms with Crippen molar-refractivity contribution in [2.75, 3.05) is 6.61 Å². The minimum Gasteiger partial charge on any atom is -0.493 e. The van der Waals surface area contributed by atoms with Gasteiger partial charge in [0.15, 0.2) is 0 Å². The Morgan fingerprint density at radius 2 is 2.05 bits per heavy atom. The molecular formula is C15H16BrNO2. The Balaban J connectivity index is 2.27. The third kappa shape index (κ3) is 3.55. The van der Waals surface area contributed by atoms with Crippen molar-refractivity contribution in [1.29, 1.82) is 0 Å². The fourth-order valence-corrected chi connectivity index (χ4v) is 1.99. The lowest BCUT2D eigenvalue weighted by Gasteiger charge is -2.15. The maximum Gasteiger partial charge on any atom is 0.125 e. The Morgan fingerprint density at radius 3 is 2.74 bits per heavy atom. The fourth-order valence-electron chi connectivity index (χ4n) is 1.76. The average molecular weight is 322 g/mol. The summed E-state index contributed by atoms with van der Waals surface area (Å²) in [6, 6.07) is 11.2. The maximum atomic E-state index is 10.4. The normalized spacial score (nSPS) is 12.2. The second-order valence-electron chi connectivity index (χ2n) is 4.19. The highest BCUT2D eigenvalue weighted by Crippen LogP contribution is 2.29. The van der Waals surface area contributed by atoms with Crippen molar-refractivity contribution < 1.29 is 9.84 Å². The smallest absolute Gasteiger partial charge is 0.125 e. The van der Waals surface area contributed by atoms with Crippen LogP contribution in [0.3, 0.4) is 0 Å². The third-order valence-electron chi connectivity index (χ3n) is 2.71. The van der Waals surface area contributed by atoms with Crippen LogP contribution in [0.1, 0.15) is 30.7 Å². The van der Waals surface area contributed by atoms with Gasteiger partial charge in [-0.25, -0.2) is 0 Å². The van der Waals surface area contributed by atoms with Crippen LogP contribution in [0.4, 0.5) is 0 Å². The number of rotatable bonds is 5. The zero-order valence-electron chi connectivity index (χ0n) is 10.7. The SMILES string of the molecule is CCCOc1ccccc1C(O)c1ccc(Br)cn1. The molecule has 0 radical (unpaired) electrons. The van der Waals surface area contributed by atoms with Crippen LogP contribution >= 0.6 is 15.9 Å². The summed E-state index contributed by atoms with van der Waals surface area (Å²) in [4.78, 5) is 4.22. The first-order chi connectivity index (χ1) is 9.22. The number of pyridine rings is 1. The number of benzene rings is 1. The number of aliphatic hydroxyl groups excluding tert-OH is 1. The van der Waals surface area contributed by atoms with E-state index in [1.165, 1.54) is 0 Å². The van der Waals surface area contributed by atoms with Gasteiger partial charge in [-0.15, -0.1) is 0 Å². The summed E-state index contributed by atoms with van der Waals surface area (Å²) in [7, 11) is 0. The highest BCUT2D eigenvalue weighted by Gasteiger charge is 2.16. The van der Waals surface area contributed by atoms with Gasteiger partial charge in [-0.2, -0.15) is 0 Å². The van der Waals surface area contributed by atoms with Crippen molar-refractivity contribution in [3.05, 3.63) is 58.3 Å². The Bertz CT molecular complexity index is 528. The van der Waals surface area contributed by atoms with E-state index < -0.39 is 6.10 Å². The molecule has 1 aromatic carbocycles. The molecule has 0 saturated carbocycles. The molecule has 4 heteroatoms. The van der Waals surface area contributed by atoms with Crippen molar-refractivity contribution in [3.8, 4) is 5.75 Å². The van der Waals surface area contributed by atoms with Gasteiger partial charge in [0.05, 0.1) is 12.3 Å². The van der Waals surface area contributed by atoms with E-state index in [-0.39, 0.29) is 0 Å². The van der Waals surface area contributed by atoms with Crippen LogP contribution in [0.25, 0.3) is 0 Å². The molecule has 1 aromatic heterocycles. The molecule has 3 nitrogen and oxygen atoms in total. The van der Waals surface area contributed by atoms with Gasteiger partial charge in [-0.05, 0) is 40.5 Å². The van der Waals surface area contributed by atoms with Crippen LogP contribution in [-0.2, 0) is 0 Å². The average Bonchev–Trinajstić information content (AvgIpc) is 2.45. The summed E-state index contributed by atoms with van der Waals surface area (Å²) in [5, 5.41) is 10.4. The quantitative estimate of drug-likeness (QED) is 0.912. The monoisotopic (exact) mass is 321 g/mol. The second kappa shape index (κ2) is 6.68. The van der Waals surface area contributed by atoms with Gasteiger partial charge in [0.1, 0.15) is 11.9 Å². The van der Waals surface area contributed by atoms with E-state index in [0.29, 0.717) is 18.1 Å². The number of hydrogen-bond acceptors (Lipinski definition) is 3. The predicted molar refractivity (Wildman–Crippen MR) is 78.2 cm³/mol. The number of hydrogen-bond donors (Lipinski definition) is 1. The molecule has 1 heterocycles. The van der Waals surface area contributed by atoms with Crippen LogP contribution in [0.15, 0.2) is 47.1 Å². The minimum atomic E-state index is -0.777. The van der Waals surface area contributed by atoms with Crippen LogP contribution in [0.2, 0.25) is 0 Å². The molecule has 0 aliphatic carbocycles. The molecule has 2 rings (SSSR count). The number of nitrogens with zero attached hydrogens (tertiary/aromatic N) is 1. The third-order valence-corrected chi connectivity index (χ3v) is 3.17. The minimum absolute atomic E-state index is 0.607. The standard InChI is InChI=1S/C15H16BrNO2/c1-2-9-19-14-6-4-3-5-12(14)15(18)13-8-7-11(16)10-17-13/h3-8,10,15,18H,2,9H2,1H3. The number of halogens is 1. The summed E-state index contributed by atoms with van der Waals surface area (Å²) in [5.41, 5.74) is 1.35. The lowest BCUT2D eigenvalue weighted by atomic mass is 10.0. The Kier molecular flexibility index (Phi) is 4.93. The molecule has 0 saturated heterocycles. The van der Waals surface area contributed by atoms with Crippen molar-refractivity contribution in [1.82, 2.24) is 4.98 Å². The van der Waals surface area contributed by atoms with Crippen molar-refractivity contribution in [3.63, 3.8) is 0 Å². The van der Waals surface area contributed by atoms with Gasteiger partial charge < -0.3 is 9.84 Å². The first-order valence-electron chi connectivity index (χ1n) is 6.23. The fraction of sp³-hybridized carbons (Fsp3) is 0.267. The largest absolute Gasteiger partial charge is 0.493 e. The molecule has 1 unspecified atom stereocenters.